The number of hydrogen-bond acceptors (Lipinski definition) is 7. The summed E-state index contributed by atoms with van der Waals surface area (Å²) in [7, 11) is -2.73. The summed E-state index contributed by atoms with van der Waals surface area (Å²) in [5.74, 6) is -0.415. The molecule has 0 fully saturated rings. The van der Waals surface area contributed by atoms with Crippen molar-refractivity contribution in [3.63, 3.8) is 0 Å². The van der Waals surface area contributed by atoms with Crippen molar-refractivity contribution in [1.29, 1.82) is 0 Å². The summed E-state index contributed by atoms with van der Waals surface area (Å²) in [5.41, 5.74) is 0.536. The number of amides is 2. The van der Waals surface area contributed by atoms with E-state index in [1.807, 2.05) is 0 Å². The molecule has 0 spiro atoms. The van der Waals surface area contributed by atoms with Gasteiger partial charge in [0.25, 0.3) is 15.7 Å². The highest BCUT2D eigenvalue weighted by atomic mass is 32.2. The number of nitrogens with zero attached hydrogens (tertiary/aromatic N) is 3. The van der Waals surface area contributed by atoms with Crippen LogP contribution >= 0.6 is 0 Å². The maximum absolute atomic E-state index is 13.8. The van der Waals surface area contributed by atoms with E-state index in [9.17, 15) is 28.1 Å². The number of nitro benzene ring substituents is 1. The second-order valence-electron chi connectivity index (χ2n) is 8.54. The maximum Gasteiger partial charge on any atom is 0.269 e. The zero-order chi connectivity index (χ0) is 28.6. The fraction of sp³-hybridized carbons (Fsp3) is 0.259. The van der Waals surface area contributed by atoms with Crippen molar-refractivity contribution >= 4 is 33.2 Å². The molecular weight excluding hydrogens is 524 g/mol. The molecule has 39 heavy (non-hydrogen) atoms. The first-order valence-corrected chi connectivity index (χ1v) is 13.5. The Morgan fingerprint density at radius 2 is 1.62 bits per heavy atom. The minimum atomic E-state index is -4.25. The summed E-state index contributed by atoms with van der Waals surface area (Å²) < 4.78 is 33.4. The van der Waals surface area contributed by atoms with Gasteiger partial charge in [0.05, 0.1) is 22.6 Å². The topological polar surface area (TPSA) is 139 Å². The number of nitrogens with one attached hydrogen (secondary N) is 1. The number of carbonyl (C=O) groups is 2. The summed E-state index contributed by atoms with van der Waals surface area (Å²) in [5, 5.41) is 13.8. The highest BCUT2D eigenvalue weighted by molar-refractivity contribution is 7.92. The molecule has 0 unspecified atom stereocenters. The standard InChI is InChI=1S/C27H30N4O7S/c1-4-28-27(33)20(2)29(18-21-10-16-24(38-3)17-11-21)26(32)19-30(22-12-14-23(15-13-22)31(34)35)39(36,37)25-8-6-5-7-9-25/h5-17,20H,4,18-19H2,1-3H3,(H,28,33)/t20-/m0/s1. The first-order valence-electron chi connectivity index (χ1n) is 12.1. The number of benzene rings is 3. The van der Waals surface area contributed by atoms with Crippen molar-refractivity contribution < 1.29 is 27.7 Å². The molecule has 0 bridgehead atoms. The molecule has 0 saturated heterocycles. The number of ether oxygens (including phenoxy) is 1. The van der Waals surface area contributed by atoms with Crippen LogP contribution in [0.3, 0.4) is 0 Å². The molecule has 12 heteroatoms. The first-order chi connectivity index (χ1) is 18.6. The Morgan fingerprint density at radius 1 is 1.00 bits per heavy atom. The molecule has 0 aliphatic heterocycles. The third kappa shape index (κ3) is 7.11. The molecule has 0 aromatic heterocycles. The van der Waals surface area contributed by atoms with Crippen molar-refractivity contribution in [1.82, 2.24) is 10.2 Å². The zero-order valence-electron chi connectivity index (χ0n) is 21.8. The quantitative estimate of drug-likeness (QED) is 0.268. The molecule has 206 valence electrons. The molecule has 0 saturated carbocycles. The highest BCUT2D eigenvalue weighted by Crippen LogP contribution is 2.26. The van der Waals surface area contributed by atoms with Gasteiger partial charge >= 0.3 is 0 Å². The molecule has 3 aromatic rings. The summed E-state index contributed by atoms with van der Waals surface area (Å²) >= 11 is 0. The van der Waals surface area contributed by atoms with Crippen molar-refractivity contribution in [2.75, 3.05) is 24.5 Å². The summed E-state index contributed by atoms with van der Waals surface area (Å²) in [4.78, 5) is 38.3. The van der Waals surface area contributed by atoms with E-state index in [2.05, 4.69) is 5.32 Å². The molecule has 0 heterocycles. The number of nitro groups is 1. The van der Waals surface area contributed by atoms with Gasteiger partial charge in [0.15, 0.2) is 0 Å². The van der Waals surface area contributed by atoms with Crippen LogP contribution in [0.1, 0.15) is 19.4 Å². The van der Waals surface area contributed by atoms with Crippen molar-refractivity contribution in [2.24, 2.45) is 0 Å². The predicted octanol–water partition coefficient (Wildman–Crippen LogP) is 3.35. The molecule has 0 radical (unpaired) electrons. The predicted molar refractivity (Wildman–Crippen MR) is 146 cm³/mol. The molecule has 2 amide bonds. The fourth-order valence-corrected chi connectivity index (χ4v) is 5.26. The Hall–Kier alpha value is -4.45. The third-order valence-electron chi connectivity index (χ3n) is 5.99. The average molecular weight is 555 g/mol. The Balaban J connectivity index is 2.02. The molecular formula is C27H30N4O7S. The van der Waals surface area contributed by atoms with E-state index in [1.165, 1.54) is 48.4 Å². The van der Waals surface area contributed by atoms with Gasteiger partial charge in [-0.15, -0.1) is 0 Å². The number of anilines is 1. The largest absolute Gasteiger partial charge is 0.497 e. The Kier molecular flexibility index (Phi) is 9.61. The normalized spacial score (nSPS) is 11.8. The molecule has 1 N–H and O–H groups in total. The van der Waals surface area contributed by atoms with Gasteiger partial charge in [0.2, 0.25) is 11.8 Å². The molecule has 0 aliphatic carbocycles. The Labute approximate surface area is 227 Å². The molecule has 11 nitrogen and oxygen atoms in total. The number of non-ortho nitro benzene ring substituents is 1. The van der Waals surface area contributed by atoms with E-state index in [-0.39, 0.29) is 22.8 Å². The van der Waals surface area contributed by atoms with Crippen LogP contribution in [0, 0.1) is 10.1 Å². The third-order valence-corrected chi connectivity index (χ3v) is 7.78. The lowest BCUT2D eigenvalue weighted by Crippen LogP contribution is -2.51. The van der Waals surface area contributed by atoms with E-state index in [1.54, 1.807) is 56.3 Å². The summed E-state index contributed by atoms with van der Waals surface area (Å²) in [6.45, 7) is 3.05. The molecule has 3 rings (SSSR count). The second kappa shape index (κ2) is 12.9. The van der Waals surface area contributed by atoms with Gasteiger partial charge in [-0.3, -0.25) is 24.0 Å². The van der Waals surface area contributed by atoms with Crippen LogP contribution in [0.25, 0.3) is 0 Å². The lowest BCUT2D eigenvalue weighted by atomic mass is 10.1. The van der Waals surface area contributed by atoms with Gasteiger partial charge in [-0.05, 0) is 55.8 Å². The lowest BCUT2D eigenvalue weighted by Gasteiger charge is -2.32. The number of hydrogen-bond donors (Lipinski definition) is 1. The van der Waals surface area contributed by atoms with Crippen LogP contribution in [0.15, 0.2) is 83.8 Å². The molecule has 0 aliphatic rings. The van der Waals surface area contributed by atoms with Gasteiger partial charge < -0.3 is 15.0 Å². The second-order valence-corrected chi connectivity index (χ2v) is 10.4. The maximum atomic E-state index is 13.8. The van der Waals surface area contributed by atoms with Crippen LogP contribution in [0.2, 0.25) is 0 Å². The number of carbonyl (C=O) groups excluding carboxylic acids is 2. The van der Waals surface area contributed by atoms with E-state index in [4.69, 9.17) is 4.74 Å². The van der Waals surface area contributed by atoms with Gasteiger partial charge in [0.1, 0.15) is 18.3 Å². The monoisotopic (exact) mass is 554 g/mol. The number of methoxy groups -OCH3 is 1. The minimum absolute atomic E-state index is 0.0284. The van der Waals surface area contributed by atoms with E-state index in [0.29, 0.717) is 17.9 Å². The highest BCUT2D eigenvalue weighted by Gasteiger charge is 2.32. The molecule has 3 aromatic carbocycles. The van der Waals surface area contributed by atoms with Crippen LogP contribution in [0.4, 0.5) is 11.4 Å². The summed E-state index contributed by atoms with van der Waals surface area (Å²) in [6, 6.07) is 18.4. The number of rotatable bonds is 12. The Bertz CT molecular complexity index is 1400. The van der Waals surface area contributed by atoms with Crippen LogP contribution < -0.4 is 14.4 Å². The van der Waals surface area contributed by atoms with Crippen molar-refractivity contribution in [3.05, 3.63) is 94.5 Å². The van der Waals surface area contributed by atoms with Gasteiger partial charge in [-0.2, -0.15) is 0 Å². The lowest BCUT2D eigenvalue weighted by molar-refractivity contribution is -0.384. The smallest absolute Gasteiger partial charge is 0.269 e. The van der Waals surface area contributed by atoms with Crippen LogP contribution in [-0.4, -0.2) is 56.3 Å². The van der Waals surface area contributed by atoms with E-state index >= 15 is 0 Å². The number of likely N-dealkylation sites (N-methyl/N-ethyl adjacent to an activating group) is 1. The van der Waals surface area contributed by atoms with Gasteiger partial charge in [-0.1, -0.05) is 30.3 Å². The van der Waals surface area contributed by atoms with Crippen molar-refractivity contribution in [3.8, 4) is 5.75 Å². The van der Waals surface area contributed by atoms with Gasteiger partial charge in [-0.25, -0.2) is 8.42 Å². The van der Waals surface area contributed by atoms with Crippen LogP contribution in [0.5, 0.6) is 5.75 Å². The average Bonchev–Trinajstić information content (AvgIpc) is 2.95. The zero-order valence-corrected chi connectivity index (χ0v) is 22.6. The van der Waals surface area contributed by atoms with Gasteiger partial charge in [0, 0.05) is 25.2 Å². The first kappa shape index (κ1) is 29.1. The Morgan fingerprint density at radius 3 is 2.15 bits per heavy atom. The fourth-order valence-electron chi connectivity index (χ4n) is 3.82. The van der Waals surface area contributed by atoms with Crippen molar-refractivity contribution in [2.45, 2.75) is 31.3 Å². The number of sulfonamides is 1. The minimum Gasteiger partial charge on any atom is -0.497 e. The molecule has 1 atom stereocenters. The summed E-state index contributed by atoms with van der Waals surface area (Å²) in [6.07, 6.45) is 0. The van der Waals surface area contributed by atoms with E-state index in [0.717, 1.165) is 4.31 Å². The SMILES string of the molecule is CCNC(=O)[C@H](C)N(Cc1ccc(OC)cc1)C(=O)CN(c1ccc([N+](=O)[O-])cc1)S(=O)(=O)c1ccccc1. The van der Waals surface area contributed by atoms with E-state index < -0.39 is 39.3 Å². The van der Waals surface area contributed by atoms with Crippen LogP contribution in [-0.2, 0) is 26.2 Å².